The first-order valence-electron chi connectivity index (χ1n) is 8.85. The second kappa shape index (κ2) is 7.44. The molecule has 9 heteroatoms. The smallest absolute Gasteiger partial charge is 0.263 e. The van der Waals surface area contributed by atoms with Gasteiger partial charge in [0, 0.05) is 19.0 Å². The van der Waals surface area contributed by atoms with Gasteiger partial charge < -0.3 is 20.6 Å². The van der Waals surface area contributed by atoms with Gasteiger partial charge in [0.25, 0.3) is 5.91 Å². The zero-order chi connectivity index (χ0) is 19.8. The lowest BCUT2D eigenvalue weighted by molar-refractivity contribution is -0.147. The molecule has 0 bridgehead atoms. The van der Waals surface area contributed by atoms with E-state index in [1.165, 1.54) is 11.3 Å². The fraction of sp³-hybridized carbons (Fsp3) is 0.316. The summed E-state index contributed by atoms with van der Waals surface area (Å²) in [5.74, 6) is -0.525. The minimum absolute atomic E-state index is 0.145. The number of carbonyl (C=O) groups excluding carboxylic acids is 3. The van der Waals surface area contributed by atoms with Gasteiger partial charge in [-0.25, -0.2) is 0 Å². The Balaban J connectivity index is 1.43. The lowest BCUT2D eigenvalue weighted by Crippen LogP contribution is -2.61. The van der Waals surface area contributed by atoms with Gasteiger partial charge >= 0.3 is 0 Å². The number of thiophene rings is 1. The summed E-state index contributed by atoms with van der Waals surface area (Å²) >= 11 is 7.25. The molecule has 0 aliphatic carbocycles. The van der Waals surface area contributed by atoms with E-state index in [9.17, 15) is 19.5 Å². The Kier molecular flexibility index (Phi) is 4.99. The SMILES string of the molecule is O=C(N[C@H]1C[C@H]2C(=O)N[C@H](Cc3ccc(O)cc3)C(=O)N2C1)c1sccc1Cl. The van der Waals surface area contributed by atoms with Gasteiger partial charge in [0.2, 0.25) is 11.8 Å². The van der Waals surface area contributed by atoms with Crippen LogP contribution >= 0.6 is 22.9 Å². The quantitative estimate of drug-likeness (QED) is 0.700. The maximum absolute atomic E-state index is 12.9. The van der Waals surface area contributed by atoms with Crippen LogP contribution in [0.15, 0.2) is 35.7 Å². The molecule has 2 fully saturated rings. The van der Waals surface area contributed by atoms with Crippen molar-refractivity contribution in [3.63, 3.8) is 0 Å². The van der Waals surface area contributed by atoms with E-state index in [1.807, 2.05) is 0 Å². The van der Waals surface area contributed by atoms with Gasteiger partial charge in [0.15, 0.2) is 0 Å². The Morgan fingerprint density at radius 3 is 2.71 bits per heavy atom. The lowest BCUT2D eigenvalue weighted by atomic mass is 10.0. The monoisotopic (exact) mass is 419 g/mol. The number of benzene rings is 1. The second-order valence-electron chi connectivity index (χ2n) is 6.94. The van der Waals surface area contributed by atoms with Crippen molar-refractivity contribution < 1.29 is 19.5 Å². The van der Waals surface area contributed by atoms with E-state index >= 15 is 0 Å². The molecular weight excluding hydrogens is 402 g/mol. The van der Waals surface area contributed by atoms with E-state index in [1.54, 1.807) is 40.6 Å². The van der Waals surface area contributed by atoms with Crippen LogP contribution in [0.2, 0.25) is 5.02 Å². The molecule has 1 aromatic carbocycles. The van der Waals surface area contributed by atoms with Gasteiger partial charge in [0.05, 0.1) is 5.02 Å². The molecule has 0 spiro atoms. The zero-order valence-electron chi connectivity index (χ0n) is 14.7. The summed E-state index contributed by atoms with van der Waals surface area (Å²) in [5, 5.41) is 17.2. The summed E-state index contributed by atoms with van der Waals surface area (Å²) in [4.78, 5) is 39.7. The standard InChI is InChI=1S/C19H18ClN3O4S/c20-13-5-6-28-16(13)18(26)21-11-8-15-17(25)22-14(19(27)23(15)9-11)7-10-1-3-12(24)4-2-10/h1-6,11,14-15,24H,7-9H2,(H,21,26)(H,22,25)/t11-,14+,15-/m0/s1. The third kappa shape index (κ3) is 3.57. The Morgan fingerprint density at radius 2 is 2.04 bits per heavy atom. The summed E-state index contributed by atoms with van der Waals surface area (Å²) in [6, 6.07) is 6.65. The van der Waals surface area contributed by atoms with E-state index < -0.39 is 12.1 Å². The van der Waals surface area contributed by atoms with Crippen LogP contribution in [0.1, 0.15) is 21.7 Å². The molecule has 3 amide bonds. The van der Waals surface area contributed by atoms with Crippen LogP contribution in [-0.2, 0) is 16.0 Å². The Bertz CT molecular complexity index is 930. The third-order valence-corrected chi connectivity index (χ3v) is 6.38. The molecular formula is C19H18ClN3O4S. The number of hydrogen-bond donors (Lipinski definition) is 3. The molecule has 2 aliphatic rings. The molecule has 0 unspecified atom stereocenters. The molecule has 0 radical (unpaired) electrons. The maximum Gasteiger partial charge on any atom is 0.263 e. The third-order valence-electron chi connectivity index (χ3n) is 5.04. The van der Waals surface area contributed by atoms with Crippen molar-refractivity contribution in [1.82, 2.24) is 15.5 Å². The summed E-state index contributed by atoms with van der Waals surface area (Å²) < 4.78 is 0. The van der Waals surface area contributed by atoms with E-state index in [4.69, 9.17) is 11.6 Å². The van der Waals surface area contributed by atoms with E-state index in [0.717, 1.165) is 5.56 Å². The van der Waals surface area contributed by atoms with Crippen LogP contribution in [0.25, 0.3) is 0 Å². The number of aromatic hydroxyl groups is 1. The molecule has 1 aromatic heterocycles. The number of rotatable bonds is 4. The van der Waals surface area contributed by atoms with Crippen LogP contribution in [-0.4, -0.2) is 52.4 Å². The molecule has 0 saturated carbocycles. The largest absolute Gasteiger partial charge is 0.508 e. The van der Waals surface area contributed by atoms with Crippen LogP contribution < -0.4 is 10.6 Å². The average molecular weight is 420 g/mol. The van der Waals surface area contributed by atoms with Crippen molar-refractivity contribution >= 4 is 40.7 Å². The highest BCUT2D eigenvalue weighted by Gasteiger charge is 2.46. The van der Waals surface area contributed by atoms with Gasteiger partial charge in [-0.05, 0) is 35.6 Å². The fourth-order valence-electron chi connectivity index (χ4n) is 3.68. The molecule has 3 N–H and O–H groups in total. The highest BCUT2D eigenvalue weighted by atomic mass is 35.5. The van der Waals surface area contributed by atoms with E-state index in [0.29, 0.717) is 22.7 Å². The van der Waals surface area contributed by atoms with Crippen LogP contribution in [0.3, 0.4) is 0 Å². The van der Waals surface area contributed by atoms with Crippen molar-refractivity contribution in [3.05, 3.63) is 51.2 Å². The molecule has 146 valence electrons. The van der Waals surface area contributed by atoms with Crippen LogP contribution in [0, 0.1) is 0 Å². The number of phenols is 1. The number of nitrogens with one attached hydrogen (secondary N) is 2. The summed E-state index contributed by atoms with van der Waals surface area (Å²) in [6.45, 7) is 0.289. The number of halogens is 1. The predicted octanol–water partition coefficient (Wildman–Crippen LogP) is 1.55. The predicted molar refractivity (Wildman–Crippen MR) is 104 cm³/mol. The minimum Gasteiger partial charge on any atom is -0.508 e. The molecule has 4 rings (SSSR count). The summed E-state index contributed by atoms with van der Waals surface area (Å²) in [7, 11) is 0. The minimum atomic E-state index is -0.658. The second-order valence-corrected chi connectivity index (χ2v) is 8.27. The van der Waals surface area contributed by atoms with Crippen molar-refractivity contribution in [1.29, 1.82) is 0 Å². The van der Waals surface area contributed by atoms with Gasteiger partial charge in [0.1, 0.15) is 22.7 Å². The molecule has 3 heterocycles. The average Bonchev–Trinajstić information content (AvgIpc) is 3.28. The topological polar surface area (TPSA) is 98.7 Å². The van der Waals surface area contributed by atoms with Crippen LogP contribution in [0.5, 0.6) is 5.75 Å². The first-order valence-corrected chi connectivity index (χ1v) is 10.1. The van der Waals surface area contributed by atoms with Gasteiger partial charge in [-0.3, -0.25) is 14.4 Å². The number of nitrogens with zero attached hydrogens (tertiary/aromatic N) is 1. The number of fused-ring (bicyclic) bond motifs is 1. The van der Waals surface area contributed by atoms with Gasteiger partial charge in [-0.2, -0.15) is 0 Å². The van der Waals surface area contributed by atoms with Crippen molar-refractivity contribution in [3.8, 4) is 5.75 Å². The highest BCUT2D eigenvalue weighted by Crippen LogP contribution is 2.26. The van der Waals surface area contributed by atoms with Crippen molar-refractivity contribution in [2.24, 2.45) is 0 Å². The number of carbonyl (C=O) groups is 3. The normalized spacial score (nSPS) is 24.0. The molecule has 28 heavy (non-hydrogen) atoms. The molecule has 2 saturated heterocycles. The number of hydrogen-bond acceptors (Lipinski definition) is 5. The van der Waals surface area contributed by atoms with Crippen LogP contribution in [0.4, 0.5) is 0 Å². The summed E-state index contributed by atoms with van der Waals surface area (Å²) in [5.41, 5.74) is 0.839. The van der Waals surface area contributed by atoms with Gasteiger partial charge in [-0.1, -0.05) is 23.7 Å². The molecule has 2 aliphatic heterocycles. The molecule has 2 aromatic rings. The van der Waals surface area contributed by atoms with Crippen molar-refractivity contribution in [2.45, 2.75) is 31.0 Å². The zero-order valence-corrected chi connectivity index (χ0v) is 16.3. The number of amides is 3. The highest BCUT2D eigenvalue weighted by molar-refractivity contribution is 7.12. The first-order chi connectivity index (χ1) is 13.4. The maximum atomic E-state index is 12.9. The van der Waals surface area contributed by atoms with Crippen molar-refractivity contribution in [2.75, 3.05) is 6.54 Å². The number of phenolic OH excluding ortho intramolecular Hbond substituents is 1. The number of piperazine rings is 1. The molecule has 3 atom stereocenters. The summed E-state index contributed by atoms with van der Waals surface area (Å²) in [6.07, 6.45) is 0.716. The Hall–Kier alpha value is -2.58. The van der Waals surface area contributed by atoms with E-state index in [-0.39, 0.29) is 36.1 Å². The first kappa shape index (κ1) is 18.8. The Labute approximate surface area is 170 Å². The lowest BCUT2D eigenvalue weighted by Gasteiger charge is -2.34. The fourth-order valence-corrected chi connectivity index (χ4v) is 4.72. The van der Waals surface area contributed by atoms with Gasteiger partial charge in [-0.15, -0.1) is 11.3 Å². The molecule has 7 nitrogen and oxygen atoms in total. The Morgan fingerprint density at radius 1 is 1.29 bits per heavy atom. The van der Waals surface area contributed by atoms with E-state index in [2.05, 4.69) is 10.6 Å².